The lowest BCUT2D eigenvalue weighted by Gasteiger charge is -2.20. The normalized spacial score (nSPS) is 10.6. The third-order valence-electron chi connectivity index (χ3n) is 3.75. The molecule has 0 aromatic heterocycles. The Morgan fingerprint density at radius 3 is 1.95 bits per heavy atom. The number of hydrogen-bond acceptors (Lipinski definition) is 1. The van der Waals surface area contributed by atoms with E-state index in [4.69, 9.17) is 5.53 Å². The van der Waals surface area contributed by atoms with Crippen molar-refractivity contribution in [2.24, 2.45) is 5.11 Å². The summed E-state index contributed by atoms with van der Waals surface area (Å²) in [6.45, 7) is 13.8. The molecule has 0 atom stereocenters. The van der Waals surface area contributed by atoms with E-state index in [9.17, 15) is 0 Å². The molecule has 3 nitrogen and oxygen atoms in total. The van der Waals surface area contributed by atoms with Crippen LogP contribution in [0.5, 0.6) is 0 Å². The molecule has 0 unspecified atom stereocenters. The molecule has 0 aliphatic heterocycles. The first-order valence-electron chi connectivity index (χ1n) is 8.05. The monoisotopic (exact) mass is 297 g/mol. The molecule has 0 fully saturated rings. The first-order valence-corrected chi connectivity index (χ1v) is 8.05. The molecule has 0 aliphatic carbocycles. The summed E-state index contributed by atoms with van der Waals surface area (Å²) >= 11 is 0. The second-order valence-corrected chi connectivity index (χ2v) is 6.54. The quantitative estimate of drug-likeness (QED) is 0.207. The van der Waals surface area contributed by atoms with Gasteiger partial charge in [-0.25, -0.2) is 0 Å². The number of benzene rings is 1. The molecule has 0 bridgehead atoms. The number of azide groups is 1. The first kappa shape index (κ1) is 18.1. The maximum Gasteiger partial charge on any atom is 0.0367 e. The summed E-state index contributed by atoms with van der Waals surface area (Å²) in [6, 6.07) is 4.61. The van der Waals surface area contributed by atoms with Gasteiger partial charge < -0.3 is 0 Å². The van der Waals surface area contributed by atoms with E-state index < -0.39 is 0 Å². The Morgan fingerprint density at radius 1 is 1.00 bits per heavy atom. The van der Waals surface area contributed by atoms with Crippen molar-refractivity contribution < 1.29 is 0 Å². The number of nitrogens with zero attached hydrogens (tertiary/aromatic N) is 3. The molecule has 1 aromatic carbocycles. The summed E-state index contributed by atoms with van der Waals surface area (Å²) in [5.41, 5.74) is 13.5. The molecule has 118 valence electrons. The van der Waals surface area contributed by atoms with E-state index in [0.29, 0.717) is 30.7 Å². The van der Waals surface area contributed by atoms with Crippen LogP contribution in [0.1, 0.15) is 88.0 Å². The van der Waals surface area contributed by atoms with Gasteiger partial charge in [0.2, 0.25) is 0 Å². The predicted octanol–water partition coefficient (Wildman–Crippen LogP) is 6.11. The standard InChI is InChI=1S/C19H27N3/c1-13(2)16-11-18(14(3)4)17(19(12-16)15(5)6)9-7-8-10-21-22-20/h11-15H,8,10H2,1-6H3. The Morgan fingerprint density at radius 2 is 1.55 bits per heavy atom. The zero-order chi connectivity index (χ0) is 16.7. The van der Waals surface area contributed by atoms with Crippen molar-refractivity contribution in [1.82, 2.24) is 0 Å². The second kappa shape index (κ2) is 8.51. The first-order chi connectivity index (χ1) is 10.4. The maximum atomic E-state index is 8.31. The Balaban J connectivity index is 3.35. The van der Waals surface area contributed by atoms with Crippen LogP contribution in [0.25, 0.3) is 10.4 Å². The van der Waals surface area contributed by atoms with E-state index in [0.717, 1.165) is 5.56 Å². The van der Waals surface area contributed by atoms with Crippen LogP contribution in [0.2, 0.25) is 0 Å². The van der Waals surface area contributed by atoms with E-state index in [-0.39, 0.29) is 0 Å². The van der Waals surface area contributed by atoms with Crippen LogP contribution in [0.3, 0.4) is 0 Å². The van der Waals surface area contributed by atoms with Crippen LogP contribution >= 0.6 is 0 Å². The van der Waals surface area contributed by atoms with Gasteiger partial charge in [0.15, 0.2) is 0 Å². The number of hydrogen-bond donors (Lipinski definition) is 0. The molecule has 0 saturated carbocycles. The van der Waals surface area contributed by atoms with E-state index in [2.05, 4.69) is 75.5 Å². The highest BCUT2D eigenvalue weighted by Crippen LogP contribution is 2.31. The largest absolute Gasteiger partial charge is 0.0977 e. The Labute approximate surface area is 134 Å². The van der Waals surface area contributed by atoms with Gasteiger partial charge >= 0.3 is 0 Å². The highest BCUT2D eigenvalue weighted by Gasteiger charge is 2.15. The van der Waals surface area contributed by atoms with Crippen LogP contribution in [-0.4, -0.2) is 6.54 Å². The topological polar surface area (TPSA) is 48.8 Å². The minimum Gasteiger partial charge on any atom is -0.0977 e. The summed E-state index contributed by atoms with van der Waals surface area (Å²) in [5.74, 6) is 7.90. The van der Waals surface area contributed by atoms with Gasteiger partial charge in [-0.3, -0.25) is 0 Å². The molecule has 3 heteroatoms. The predicted molar refractivity (Wildman–Crippen MR) is 94.2 cm³/mol. The van der Waals surface area contributed by atoms with E-state index in [1.54, 1.807) is 0 Å². The van der Waals surface area contributed by atoms with Crippen molar-refractivity contribution >= 4 is 0 Å². The van der Waals surface area contributed by atoms with Crippen molar-refractivity contribution in [3.05, 3.63) is 44.8 Å². The lowest BCUT2D eigenvalue weighted by Crippen LogP contribution is -2.04. The van der Waals surface area contributed by atoms with E-state index >= 15 is 0 Å². The Kier molecular flexibility index (Phi) is 7.02. The summed E-state index contributed by atoms with van der Waals surface area (Å²) in [5, 5.41) is 3.53. The molecule has 0 aliphatic rings. The average Bonchev–Trinajstić information content (AvgIpc) is 2.45. The van der Waals surface area contributed by atoms with Crippen LogP contribution in [0.4, 0.5) is 0 Å². The molecule has 1 rings (SSSR count). The molecule has 0 heterocycles. The molecule has 0 amide bonds. The van der Waals surface area contributed by atoms with Gasteiger partial charge in [-0.2, -0.15) is 0 Å². The molecular formula is C19H27N3. The Bertz CT molecular complexity index is 580. The highest BCUT2D eigenvalue weighted by molar-refractivity contribution is 5.52. The fourth-order valence-electron chi connectivity index (χ4n) is 2.40. The van der Waals surface area contributed by atoms with E-state index in [1.807, 2.05) is 0 Å². The summed E-state index contributed by atoms with van der Waals surface area (Å²) in [4.78, 5) is 2.76. The van der Waals surface area contributed by atoms with Crippen LogP contribution < -0.4 is 0 Å². The van der Waals surface area contributed by atoms with Crippen molar-refractivity contribution in [3.8, 4) is 11.8 Å². The fourth-order valence-corrected chi connectivity index (χ4v) is 2.40. The van der Waals surface area contributed by atoms with Gasteiger partial charge in [-0.15, -0.1) is 0 Å². The SMILES string of the molecule is CC(C)c1cc(C(C)C)c(C#CCCN=[N+]=[N-])c(C(C)C)c1. The van der Waals surface area contributed by atoms with Crippen molar-refractivity contribution in [2.45, 2.75) is 65.7 Å². The van der Waals surface area contributed by atoms with Gasteiger partial charge in [-0.05, 0) is 40.0 Å². The Hall–Kier alpha value is -1.91. The maximum absolute atomic E-state index is 8.31. The van der Waals surface area contributed by atoms with Crippen molar-refractivity contribution in [3.63, 3.8) is 0 Å². The average molecular weight is 297 g/mol. The van der Waals surface area contributed by atoms with Crippen LogP contribution in [-0.2, 0) is 0 Å². The van der Waals surface area contributed by atoms with Crippen molar-refractivity contribution in [1.29, 1.82) is 0 Å². The molecule has 22 heavy (non-hydrogen) atoms. The van der Waals surface area contributed by atoms with E-state index in [1.165, 1.54) is 16.7 Å². The van der Waals surface area contributed by atoms with Crippen molar-refractivity contribution in [2.75, 3.05) is 6.54 Å². The van der Waals surface area contributed by atoms with Gasteiger partial charge in [0.05, 0.1) is 0 Å². The third kappa shape index (κ3) is 4.83. The zero-order valence-electron chi connectivity index (χ0n) is 14.6. The molecular weight excluding hydrogens is 270 g/mol. The molecule has 0 saturated heterocycles. The van der Waals surface area contributed by atoms with Crippen LogP contribution in [0, 0.1) is 11.8 Å². The zero-order valence-corrected chi connectivity index (χ0v) is 14.6. The molecule has 0 spiro atoms. The smallest absolute Gasteiger partial charge is 0.0367 e. The van der Waals surface area contributed by atoms with Gasteiger partial charge in [0.1, 0.15) is 0 Å². The minimum atomic E-state index is 0.432. The summed E-state index contributed by atoms with van der Waals surface area (Å²) < 4.78 is 0. The van der Waals surface area contributed by atoms with Crippen LogP contribution in [0.15, 0.2) is 17.2 Å². The summed E-state index contributed by atoms with van der Waals surface area (Å²) in [7, 11) is 0. The fraction of sp³-hybridized carbons (Fsp3) is 0.579. The number of rotatable bonds is 5. The van der Waals surface area contributed by atoms with Gasteiger partial charge in [-0.1, -0.05) is 70.6 Å². The third-order valence-corrected chi connectivity index (χ3v) is 3.75. The second-order valence-electron chi connectivity index (χ2n) is 6.54. The summed E-state index contributed by atoms with van der Waals surface area (Å²) in [6.07, 6.45) is 0.602. The minimum absolute atomic E-state index is 0.432. The lowest BCUT2D eigenvalue weighted by molar-refractivity contribution is 0.800. The highest BCUT2D eigenvalue weighted by atomic mass is 15.1. The van der Waals surface area contributed by atoms with Gasteiger partial charge in [0, 0.05) is 23.4 Å². The van der Waals surface area contributed by atoms with Gasteiger partial charge in [0.25, 0.3) is 0 Å². The lowest BCUT2D eigenvalue weighted by atomic mass is 9.84. The molecule has 0 radical (unpaired) electrons. The molecule has 0 N–H and O–H groups in total. The molecule has 1 aromatic rings.